The molecule has 29 heavy (non-hydrogen) atoms. The third-order valence-corrected chi connectivity index (χ3v) is 5.01. The molecule has 4 aromatic rings. The molecule has 2 heterocycles. The summed E-state index contributed by atoms with van der Waals surface area (Å²) in [6.07, 6.45) is -4.63. The molecule has 2 aromatic heterocycles. The molecule has 0 bridgehead atoms. The van der Waals surface area contributed by atoms with Crippen molar-refractivity contribution in [1.82, 2.24) is 14.8 Å². The Balaban J connectivity index is 1.81. The smallest absolute Gasteiger partial charge is 0.433 e. The summed E-state index contributed by atoms with van der Waals surface area (Å²) in [6.45, 7) is 0. The largest absolute Gasteiger partial charge is 0.496 e. The Morgan fingerprint density at radius 3 is 2.41 bits per heavy atom. The zero-order valence-electron chi connectivity index (χ0n) is 14.9. The molecule has 0 amide bonds. The van der Waals surface area contributed by atoms with Gasteiger partial charge in [0.2, 0.25) is 5.13 Å². The van der Waals surface area contributed by atoms with Gasteiger partial charge in [-0.2, -0.15) is 18.3 Å². The van der Waals surface area contributed by atoms with Gasteiger partial charge in [0.15, 0.2) is 5.69 Å². The lowest BCUT2D eigenvalue weighted by Gasteiger charge is -2.07. The number of aromatic nitrogens is 3. The SMILES string of the molecule is COc1ccccc1-c1cc(C(F)(F)F)n(-c2nc(-c3ccc(F)cc3)cs2)n1. The molecule has 0 saturated carbocycles. The van der Waals surface area contributed by atoms with E-state index in [0.29, 0.717) is 22.6 Å². The van der Waals surface area contributed by atoms with Crippen LogP contribution in [0.3, 0.4) is 0 Å². The van der Waals surface area contributed by atoms with Crippen LogP contribution in [0.5, 0.6) is 5.75 Å². The quantitative estimate of drug-likeness (QED) is 0.391. The Bertz CT molecular complexity index is 1150. The number of methoxy groups -OCH3 is 1. The topological polar surface area (TPSA) is 39.9 Å². The van der Waals surface area contributed by atoms with Crippen molar-refractivity contribution >= 4 is 11.3 Å². The molecule has 0 atom stereocenters. The summed E-state index contributed by atoms with van der Waals surface area (Å²) in [5, 5.41) is 5.81. The minimum atomic E-state index is -4.63. The number of nitrogens with zero attached hydrogens (tertiary/aromatic N) is 3. The van der Waals surface area contributed by atoms with Gasteiger partial charge in [-0.25, -0.2) is 14.1 Å². The fourth-order valence-electron chi connectivity index (χ4n) is 2.83. The zero-order valence-corrected chi connectivity index (χ0v) is 15.8. The molecule has 0 saturated heterocycles. The number of hydrogen-bond donors (Lipinski definition) is 0. The molecule has 4 rings (SSSR count). The lowest BCUT2D eigenvalue weighted by molar-refractivity contribution is -0.142. The van der Waals surface area contributed by atoms with Gasteiger partial charge in [-0.15, -0.1) is 11.3 Å². The first-order valence-corrected chi connectivity index (χ1v) is 9.27. The van der Waals surface area contributed by atoms with E-state index in [1.54, 1.807) is 29.6 Å². The van der Waals surface area contributed by atoms with E-state index >= 15 is 0 Å². The van der Waals surface area contributed by atoms with Gasteiger partial charge < -0.3 is 4.74 Å². The van der Waals surface area contributed by atoms with Crippen LogP contribution < -0.4 is 4.74 Å². The van der Waals surface area contributed by atoms with Crippen molar-refractivity contribution in [1.29, 1.82) is 0 Å². The Morgan fingerprint density at radius 1 is 1.00 bits per heavy atom. The molecule has 4 nitrogen and oxygen atoms in total. The van der Waals surface area contributed by atoms with Gasteiger partial charge >= 0.3 is 6.18 Å². The highest BCUT2D eigenvalue weighted by Gasteiger charge is 2.37. The Hall–Kier alpha value is -3.20. The highest BCUT2D eigenvalue weighted by molar-refractivity contribution is 7.12. The van der Waals surface area contributed by atoms with Gasteiger partial charge in [-0.1, -0.05) is 12.1 Å². The Kier molecular flexibility index (Phi) is 4.83. The molecular weight excluding hydrogens is 406 g/mol. The molecule has 0 spiro atoms. The third kappa shape index (κ3) is 3.73. The van der Waals surface area contributed by atoms with E-state index in [4.69, 9.17) is 4.74 Å². The van der Waals surface area contributed by atoms with Gasteiger partial charge in [-0.05, 0) is 42.5 Å². The molecule has 0 fully saturated rings. The summed E-state index contributed by atoms with van der Waals surface area (Å²) in [5.41, 5.74) is 0.647. The summed E-state index contributed by atoms with van der Waals surface area (Å²) in [5.74, 6) is 0.00843. The van der Waals surface area contributed by atoms with Gasteiger partial charge in [0.1, 0.15) is 11.6 Å². The number of hydrogen-bond acceptors (Lipinski definition) is 4. The molecule has 0 radical (unpaired) electrons. The molecule has 0 N–H and O–H groups in total. The maximum Gasteiger partial charge on any atom is 0.433 e. The molecule has 0 aliphatic carbocycles. The van der Waals surface area contributed by atoms with E-state index in [-0.39, 0.29) is 10.8 Å². The number of benzene rings is 2. The van der Waals surface area contributed by atoms with E-state index in [0.717, 1.165) is 22.1 Å². The third-order valence-electron chi connectivity index (χ3n) is 4.20. The molecule has 148 valence electrons. The first-order valence-electron chi connectivity index (χ1n) is 8.39. The monoisotopic (exact) mass is 419 g/mol. The summed E-state index contributed by atoms with van der Waals surface area (Å²) < 4.78 is 60.1. The molecular formula is C20H13F4N3OS. The van der Waals surface area contributed by atoms with E-state index in [1.807, 2.05) is 0 Å². The van der Waals surface area contributed by atoms with Gasteiger partial charge in [-0.3, -0.25) is 0 Å². The van der Waals surface area contributed by atoms with Crippen molar-refractivity contribution in [2.75, 3.05) is 7.11 Å². The van der Waals surface area contributed by atoms with Crippen LogP contribution in [0.25, 0.3) is 27.6 Å². The number of ether oxygens (including phenoxy) is 1. The highest BCUT2D eigenvalue weighted by atomic mass is 32.1. The van der Waals surface area contributed by atoms with Gasteiger partial charge in [0.25, 0.3) is 0 Å². The van der Waals surface area contributed by atoms with Crippen molar-refractivity contribution in [3.05, 3.63) is 71.5 Å². The molecule has 0 aliphatic heterocycles. The van der Waals surface area contributed by atoms with Crippen molar-refractivity contribution in [2.45, 2.75) is 6.18 Å². The van der Waals surface area contributed by atoms with Crippen LogP contribution in [0.1, 0.15) is 5.69 Å². The second-order valence-corrected chi connectivity index (χ2v) is 6.88. The maximum atomic E-state index is 13.7. The summed E-state index contributed by atoms with van der Waals surface area (Å²) in [6, 6.07) is 13.2. The number of alkyl halides is 3. The number of thiazole rings is 1. The first kappa shape index (κ1) is 19.1. The lowest BCUT2D eigenvalue weighted by atomic mass is 10.1. The van der Waals surface area contributed by atoms with Crippen LogP contribution in [0.4, 0.5) is 17.6 Å². The van der Waals surface area contributed by atoms with E-state index in [1.165, 1.54) is 31.4 Å². The molecule has 0 aliphatic rings. The zero-order chi connectivity index (χ0) is 20.6. The fourth-order valence-corrected chi connectivity index (χ4v) is 3.63. The molecule has 2 aromatic carbocycles. The van der Waals surface area contributed by atoms with Crippen LogP contribution in [0, 0.1) is 5.82 Å². The number of para-hydroxylation sites is 1. The van der Waals surface area contributed by atoms with Crippen LogP contribution in [0.15, 0.2) is 60.0 Å². The van der Waals surface area contributed by atoms with Crippen molar-refractivity contribution in [2.24, 2.45) is 0 Å². The van der Waals surface area contributed by atoms with Crippen LogP contribution in [0.2, 0.25) is 0 Å². The van der Waals surface area contributed by atoms with Crippen LogP contribution in [-0.4, -0.2) is 21.9 Å². The van der Waals surface area contributed by atoms with Crippen molar-refractivity contribution < 1.29 is 22.3 Å². The number of halogens is 4. The van der Waals surface area contributed by atoms with Crippen LogP contribution in [-0.2, 0) is 6.18 Å². The van der Waals surface area contributed by atoms with E-state index < -0.39 is 17.7 Å². The Morgan fingerprint density at radius 2 is 1.72 bits per heavy atom. The maximum absolute atomic E-state index is 13.7. The minimum Gasteiger partial charge on any atom is -0.496 e. The molecule has 0 unspecified atom stereocenters. The molecule has 9 heteroatoms. The first-order chi connectivity index (χ1) is 13.9. The second-order valence-electron chi connectivity index (χ2n) is 6.05. The minimum absolute atomic E-state index is 0.0535. The second kappa shape index (κ2) is 7.32. The Labute approximate surface area is 167 Å². The van der Waals surface area contributed by atoms with Crippen molar-refractivity contribution in [3.63, 3.8) is 0 Å². The summed E-state index contributed by atoms with van der Waals surface area (Å²) in [4.78, 5) is 4.27. The highest BCUT2D eigenvalue weighted by Crippen LogP contribution is 2.37. The van der Waals surface area contributed by atoms with E-state index in [2.05, 4.69) is 10.1 Å². The normalized spacial score (nSPS) is 11.6. The average molecular weight is 419 g/mol. The standard InChI is InChI=1S/C20H13F4N3OS/c1-28-17-5-3-2-4-14(17)15-10-18(20(22,23)24)27(26-15)19-25-16(11-29-19)12-6-8-13(21)9-7-12/h2-11H,1H3. The fraction of sp³-hybridized carbons (Fsp3) is 0.100. The van der Waals surface area contributed by atoms with Gasteiger partial charge in [0.05, 0.1) is 18.5 Å². The summed E-state index contributed by atoms with van der Waals surface area (Å²) in [7, 11) is 1.44. The van der Waals surface area contributed by atoms with Crippen molar-refractivity contribution in [3.8, 4) is 33.4 Å². The summed E-state index contributed by atoms with van der Waals surface area (Å²) >= 11 is 1.01. The lowest BCUT2D eigenvalue weighted by Crippen LogP contribution is -2.13. The van der Waals surface area contributed by atoms with Gasteiger partial charge in [0, 0.05) is 16.5 Å². The van der Waals surface area contributed by atoms with Crippen LogP contribution >= 0.6 is 11.3 Å². The predicted molar refractivity (Wildman–Crippen MR) is 102 cm³/mol. The average Bonchev–Trinajstić information content (AvgIpc) is 3.35. The predicted octanol–water partition coefficient (Wildman–Crippen LogP) is 5.83. The number of rotatable bonds is 4. The van der Waals surface area contributed by atoms with E-state index in [9.17, 15) is 17.6 Å².